The van der Waals surface area contributed by atoms with E-state index in [1.54, 1.807) is 12.4 Å². The molecule has 3 heterocycles. The number of hydrogen-bond donors (Lipinski definition) is 0. The average molecular weight is 560 g/mol. The number of nitrogens with zero attached hydrogens (tertiary/aromatic N) is 3. The van der Waals surface area contributed by atoms with E-state index in [0.717, 1.165) is 71.0 Å². The van der Waals surface area contributed by atoms with Crippen molar-refractivity contribution in [3.8, 4) is 16.9 Å². The average Bonchev–Trinajstić information content (AvgIpc) is 2.91. The molecule has 1 aromatic carbocycles. The number of benzene rings is 1. The fourth-order valence-corrected chi connectivity index (χ4v) is 5.33. The summed E-state index contributed by atoms with van der Waals surface area (Å²) in [6.07, 6.45) is 4.75. The molecule has 2 aromatic heterocycles. The van der Waals surface area contributed by atoms with Gasteiger partial charge in [0, 0.05) is 48.0 Å². The van der Waals surface area contributed by atoms with Crippen molar-refractivity contribution in [2.45, 2.75) is 86.5 Å². The highest BCUT2D eigenvalue weighted by Gasteiger charge is 2.37. The quantitative estimate of drug-likeness (QED) is 0.253. The fraction of sp³-hybridized carbons (Fsp3) is 0.500. The molecule has 7 nitrogen and oxygen atoms in total. The Kier molecular flexibility index (Phi) is 9.37. The summed E-state index contributed by atoms with van der Waals surface area (Å²) in [6, 6.07) is 12.0. The van der Waals surface area contributed by atoms with Crippen molar-refractivity contribution in [1.82, 2.24) is 9.97 Å². The van der Waals surface area contributed by atoms with Crippen LogP contribution in [0.25, 0.3) is 11.1 Å². The van der Waals surface area contributed by atoms with Gasteiger partial charge in [-0.15, -0.1) is 0 Å². The zero-order chi connectivity index (χ0) is 29.8. The number of aryl methyl sites for hydroxylation is 2. The minimum atomic E-state index is -0.894. The van der Waals surface area contributed by atoms with E-state index < -0.39 is 11.7 Å². The number of pyridine rings is 2. The van der Waals surface area contributed by atoms with Crippen LogP contribution in [0.3, 0.4) is 0 Å². The van der Waals surface area contributed by atoms with Gasteiger partial charge in [0.25, 0.3) is 0 Å². The predicted molar refractivity (Wildman–Crippen MR) is 163 cm³/mol. The number of carbonyl (C=O) groups is 1. The minimum absolute atomic E-state index is 0.268. The highest BCUT2D eigenvalue weighted by Crippen LogP contribution is 2.45. The first-order chi connectivity index (χ1) is 19.4. The normalized spacial score (nSPS) is 15.9. The summed E-state index contributed by atoms with van der Waals surface area (Å²) in [5.41, 5.74) is 6.29. The summed E-state index contributed by atoms with van der Waals surface area (Å²) in [7, 11) is 0. The Morgan fingerprint density at radius 2 is 1.63 bits per heavy atom. The van der Waals surface area contributed by atoms with Crippen LogP contribution in [-0.2, 0) is 20.9 Å². The number of ether oxygens (including phenoxy) is 3. The molecule has 0 saturated carbocycles. The molecule has 0 amide bonds. The summed E-state index contributed by atoms with van der Waals surface area (Å²) in [5.74, 6) is 0.394. The van der Waals surface area contributed by atoms with Crippen molar-refractivity contribution in [2.24, 2.45) is 5.41 Å². The number of aromatic nitrogens is 2. The summed E-state index contributed by atoms with van der Waals surface area (Å²) < 4.78 is 18.1. The van der Waals surface area contributed by atoms with Crippen LogP contribution in [-0.4, -0.2) is 41.2 Å². The van der Waals surface area contributed by atoms with E-state index in [1.807, 2.05) is 65.8 Å². The second-order valence-corrected chi connectivity index (χ2v) is 12.6. The maximum atomic E-state index is 13.5. The maximum absolute atomic E-state index is 13.5. The van der Waals surface area contributed by atoms with Gasteiger partial charge in [-0.05, 0) is 95.2 Å². The van der Waals surface area contributed by atoms with Gasteiger partial charge in [0.05, 0.1) is 17.9 Å². The molecule has 4 rings (SSSR count). The molecular formula is C34H45N3O4. The Balaban J connectivity index is 1.82. The zero-order valence-corrected chi connectivity index (χ0v) is 25.9. The molecule has 0 aliphatic carbocycles. The Bertz CT molecular complexity index is 1320. The Hall–Kier alpha value is -3.45. The molecule has 0 bridgehead atoms. The minimum Gasteiger partial charge on any atom is -0.489 e. The van der Waals surface area contributed by atoms with E-state index in [0.29, 0.717) is 6.61 Å². The molecule has 41 heavy (non-hydrogen) atoms. The summed E-state index contributed by atoms with van der Waals surface area (Å²) >= 11 is 0. The van der Waals surface area contributed by atoms with Crippen molar-refractivity contribution in [2.75, 3.05) is 24.6 Å². The fourth-order valence-electron chi connectivity index (χ4n) is 5.33. The maximum Gasteiger partial charge on any atom is 0.340 e. The number of carbonyl (C=O) groups excluding carboxylic acids is 1. The second kappa shape index (κ2) is 12.6. The van der Waals surface area contributed by atoms with Crippen LogP contribution in [0.1, 0.15) is 83.0 Å². The van der Waals surface area contributed by atoms with E-state index in [4.69, 9.17) is 19.2 Å². The third kappa shape index (κ3) is 7.64. The van der Waals surface area contributed by atoms with Gasteiger partial charge in [0.1, 0.15) is 12.4 Å². The summed E-state index contributed by atoms with van der Waals surface area (Å²) in [6.45, 7) is 18.9. The molecule has 0 radical (unpaired) electrons. The van der Waals surface area contributed by atoms with Gasteiger partial charge >= 0.3 is 5.97 Å². The first kappa shape index (κ1) is 30.5. The molecule has 1 fully saturated rings. The van der Waals surface area contributed by atoms with E-state index in [2.05, 4.69) is 35.9 Å². The number of rotatable bonds is 9. The van der Waals surface area contributed by atoms with Crippen LogP contribution in [0.5, 0.6) is 5.75 Å². The molecule has 220 valence electrons. The van der Waals surface area contributed by atoms with Gasteiger partial charge in [-0.2, -0.15) is 0 Å². The van der Waals surface area contributed by atoms with Crippen molar-refractivity contribution in [3.63, 3.8) is 0 Å². The van der Waals surface area contributed by atoms with Crippen molar-refractivity contribution >= 4 is 11.7 Å². The van der Waals surface area contributed by atoms with Gasteiger partial charge in [0.15, 0.2) is 6.10 Å². The Morgan fingerprint density at radius 3 is 2.22 bits per heavy atom. The summed E-state index contributed by atoms with van der Waals surface area (Å²) in [4.78, 5) is 24.9. The highest BCUT2D eigenvalue weighted by molar-refractivity contribution is 5.88. The van der Waals surface area contributed by atoms with Crippen LogP contribution >= 0.6 is 0 Å². The number of piperidine rings is 1. The number of hydrogen-bond acceptors (Lipinski definition) is 7. The standard InChI is InChI=1S/C34H45N3O4/c1-9-39-32(38)31(41-33(4,5)6)29-24(3)36-23(2)28(30(29)37-20-16-34(7,8)17-21-37)26-10-12-27(13-11-26)40-22-25-14-18-35-19-15-25/h10-15,18-19,31H,9,16-17,20-22H2,1-8H3. The third-order valence-electron chi connectivity index (χ3n) is 7.54. The van der Waals surface area contributed by atoms with E-state index >= 15 is 0 Å². The molecule has 1 saturated heterocycles. The second-order valence-electron chi connectivity index (χ2n) is 12.6. The lowest BCUT2D eigenvalue weighted by molar-refractivity contribution is -0.166. The van der Waals surface area contributed by atoms with Gasteiger partial charge in [-0.3, -0.25) is 9.97 Å². The zero-order valence-electron chi connectivity index (χ0n) is 25.9. The van der Waals surface area contributed by atoms with Crippen molar-refractivity contribution in [1.29, 1.82) is 0 Å². The van der Waals surface area contributed by atoms with Gasteiger partial charge < -0.3 is 19.1 Å². The van der Waals surface area contributed by atoms with Gasteiger partial charge in [-0.1, -0.05) is 26.0 Å². The largest absolute Gasteiger partial charge is 0.489 e. The molecule has 1 aliphatic heterocycles. The molecule has 1 atom stereocenters. The monoisotopic (exact) mass is 559 g/mol. The van der Waals surface area contributed by atoms with E-state index in [9.17, 15) is 4.79 Å². The highest BCUT2D eigenvalue weighted by atomic mass is 16.6. The van der Waals surface area contributed by atoms with Gasteiger partial charge in [0.2, 0.25) is 0 Å². The SMILES string of the molecule is CCOC(=O)C(OC(C)(C)C)c1c(C)nc(C)c(-c2ccc(OCc3ccncc3)cc2)c1N1CCC(C)(C)CC1. The van der Waals surface area contributed by atoms with Gasteiger partial charge in [-0.25, -0.2) is 4.79 Å². The lowest BCUT2D eigenvalue weighted by Crippen LogP contribution is -2.39. The number of anilines is 1. The van der Waals surface area contributed by atoms with Crippen LogP contribution in [0.2, 0.25) is 0 Å². The lowest BCUT2D eigenvalue weighted by Gasteiger charge is -2.41. The molecule has 1 aliphatic rings. The molecule has 0 spiro atoms. The topological polar surface area (TPSA) is 73.8 Å². The van der Waals surface area contributed by atoms with Crippen molar-refractivity contribution in [3.05, 3.63) is 71.3 Å². The smallest absolute Gasteiger partial charge is 0.340 e. The van der Waals surface area contributed by atoms with Crippen LogP contribution in [0.15, 0.2) is 48.8 Å². The van der Waals surface area contributed by atoms with Crippen LogP contribution < -0.4 is 9.64 Å². The number of esters is 1. The van der Waals surface area contributed by atoms with Crippen LogP contribution in [0, 0.1) is 19.3 Å². The molecule has 1 unspecified atom stereocenters. The summed E-state index contributed by atoms with van der Waals surface area (Å²) in [5, 5.41) is 0. The first-order valence-corrected chi connectivity index (χ1v) is 14.6. The van der Waals surface area contributed by atoms with Crippen LogP contribution in [0.4, 0.5) is 5.69 Å². The van der Waals surface area contributed by atoms with E-state index in [-0.39, 0.29) is 18.0 Å². The Morgan fingerprint density at radius 1 is 1.00 bits per heavy atom. The predicted octanol–water partition coefficient (Wildman–Crippen LogP) is 7.39. The third-order valence-corrected chi connectivity index (χ3v) is 7.54. The molecular weight excluding hydrogens is 514 g/mol. The molecule has 0 N–H and O–H groups in total. The lowest BCUT2D eigenvalue weighted by atomic mass is 9.82. The first-order valence-electron chi connectivity index (χ1n) is 14.6. The molecule has 7 heteroatoms. The Labute approximate surface area is 245 Å². The molecule has 3 aromatic rings. The van der Waals surface area contributed by atoms with E-state index in [1.165, 1.54) is 0 Å². The van der Waals surface area contributed by atoms with Crippen molar-refractivity contribution < 1.29 is 19.0 Å².